The van der Waals surface area contributed by atoms with E-state index in [4.69, 9.17) is 9.15 Å². The minimum atomic E-state index is -0.405. The van der Waals surface area contributed by atoms with Crippen molar-refractivity contribution in [2.75, 3.05) is 6.61 Å². The summed E-state index contributed by atoms with van der Waals surface area (Å²) in [6.07, 6.45) is 3.50. The molecule has 0 N–H and O–H groups in total. The molecule has 1 saturated carbocycles. The first-order valence-corrected chi connectivity index (χ1v) is 9.73. The van der Waals surface area contributed by atoms with Gasteiger partial charge in [-0.1, -0.05) is 23.9 Å². The minimum absolute atomic E-state index is 0.276. The van der Waals surface area contributed by atoms with Gasteiger partial charge in [-0.2, -0.15) is 0 Å². The average molecular weight is 387 g/mol. The number of furan rings is 1. The van der Waals surface area contributed by atoms with E-state index < -0.39 is 5.97 Å². The highest BCUT2D eigenvalue weighted by Crippen LogP contribution is 2.42. The zero-order chi connectivity index (χ0) is 18.8. The van der Waals surface area contributed by atoms with Crippen molar-refractivity contribution >= 4 is 17.7 Å². The van der Waals surface area contributed by atoms with Crippen molar-refractivity contribution in [1.29, 1.82) is 0 Å². The second-order valence-corrected chi connectivity index (χ2v) is 7.10. The topological polar surface area (TPSA) is 70.2 Å². The Morgan fingerprint density at radius 1 is 1.33 bits per heavy atom. The molecule has 8 heteroatoms. The lowest BCUT2D eigenvalue weighted by Crippen LogP contribution is -2.06. The van der Waals surface area contributed by atoms with Crippen LogP contribution in [0, 0.1) is 5.82 Å². The third-order valence-electron chi connectivity index (χ3n) is 4.26. The van der Waals surface area contributed by atoms with Gasteiger partial charge in [-0.15, -0.1) is 10.2 Å². The zero-order valence-corrected chi connectivity index (χ0v) is 15.5. The van der Waals surface area contributed by atoms with Crippen molar-refractivity contribution < 1.29 is 18.3 Å². The highest BCUT2D eigenvalue weighted by molar-refractivity contribution is 7.98. The lowest BCUT2D eigenvalue weighted by Gasteiger charge is -2.09. The van der Waals surface area contributed by atoms with Gasteiger partial charge >= 0.3 is 5.97 Å². The van der Waals surface area contributed by atoms with E-state index in [0.717, 1.165) is 12.8 Å². The first-order valence-electron chi connectivity index (χ1n) is 8.75. The summed E-state index contributed by atoms with van der Waals surface area (Å²) in [6.45, 7) is 2.06. The number of aromatic nitrogens is 3. The maximum Gasteiger partial charge on any atom is 0.341 e. The van der Waals surface area contributed by atoms with Gasteiger partial charge in [0, 0.05) is 6.04 Å². The van der Waals surface area contributed by atoms with E-state index in [1.807, 2.05) is 4.57 Å². The summed E-state index contributed by atoms with van der Waals surface area (Å²) in [5.74, 6) is 0.736. The Kier molecular flexibility index (Phi) is 4.98. The van der Waals surface area contributed by atoms with E-state index >= 15 is 0 Å². The zero-order valence-electron chi connectivity index (χ0n) is 14.7. The van der Waals surface area contributed by atoms with Gasteiger partial charge in [0.2, 0.25) is 0 Å². The number of carbonyl (C=O) groups excluding carboxylic acids is 1. The van der Waals surface area contributed by atoms with Crippen LogP contribution in [0.5, 0.6) is 0 Å². The Morgan fingerprint density at radius 3 is 2.89 bits per heavy atom. The van der Waals surface area contributed by atoms with E-state index in [1.165, 1.54) is 24.1 Å². The molecule has 0 amide bonds. The van der Waals surface area contributed by atoms with Crippen LogP contribution in [0.1, 0.15) is 41.9 Å². The summed E-state index contributed by atoms with van der Waals surface area (Å²) in [5, 5.41) is 9.16. The molecular formula is C19H18FN3O3S. The molecule has 2 aromatic heterocycles. The lowest BCUT2D eigenvalue weighted by molar-refractivity contribution is 0.0524. The van der Waals surface area contributed by atoms with Crippen molar-refractivity contribution in [3.05, 3.63) is 53.7 Å². The Morgan fingerprint density at radius 2 is 2.15 bits per heavy atom. The van der Waals surface area contributed by atoms with E-state index in [1.54, 1.807) is 31.2 Å². The van der Waals surface area contributed by atoms with Gasteiger partial charge in [0.25, 0.3) is 0 Å². The maximum absolute atomic E-state index is 14.2. The molecule has 0 radical (unpaired) electrons. The van der Waals surface area contributed by atoms with Crippen LogP contribution in [0.2, 0.25) is 0 Å². The van der Waals surface area contributed by atoms with Crippen molar-refractivity contribution in [2.24, 2.45) is 0 Å². The number of nitrogens with zero attached hydrogens (tertiary/aromatic N) is 3. The average Bonchev–Trinajstić information content (AvgIpc) is 3.24. The molecule has 3 aromatic rings. The number of carbonyl (C=O) groups is 1. The third kappa shape index (κ3) is 3.62. The van der Waals surface area contributed by atoms with Crippen molar-refractivity contribution in [3.8, 4) is 11.4 Å². The number of ether oxygens (including phenoxy) is 1. The number of thioether (sulfide) groups is 1. The maximum atomic E-state index is 14.2. The number of rotatable bonds is 7. The number of hydrogen-bond donors (Lipinski definition) is 0. The molecule has 2 heterocycles. The van der Waals surface area contributed by atoms with Crippen molar-refractivity contribution in [1.82, 2.24) is 14.8 Å². The van der Waals surface area contributed by atoms with Crippen molar-refractivity contribution in [3.63, 3.8) is 0 Å². The van der Waals surface area contributed by atoms with Gasteiger partial charge in [0.15, 0.2) is 11.0 Å². The molecule has 6 nitrogen and oxygen atoms in total. The lowest BCUT2D eigenvalue weighted by atomic mass is 10.2. The molecule has 0 spiro atoms. The Hall–Kier alpha value is -2.61. The van der Waals surface area contributed by atoms with Crippen LogP contribution in [0.25, 0.3) is 11.4 Å². The molecule has 0 aliphatic heterocycles. The standard InChI is InChI=1S/C19H18FN3O3S/c1-2-25-18(24)14-9-10-26-16(14)11-27-19-22-21-17(23(19)12-7-8-12)13-5-3-4-6-15(13)20/h3-6,9-10,12H,2,7-8,11H2,1H3. The third-order valence-corrected chi connectivity index (χ3v) is 5.21. The van der Waals surface area contributed by atoms with Gasteiger partial charge in [-0.05, 0) is 38.0 Å². The highest BCUT2D eigenvalue weighted by atomic mass is 32.2. The first kappa shape index (κ1) is 17.8. The largest absolute Gasteiger partial charge is 0.468 e. The normalized spacial score (nSPS) is 13.7. The van der Waals surface area contributed by atoms with E-state index in [9.17, 15) is 9.18 Å². The summed E-state index contributed by atoms with van der Waals surface area (Å²) in [7, 11) is 0. The molecule has 27 heavy (non-hydrogen) atoms. The van der Waals surface area contributed by atoms with Gasteiger partial charge in [-0.3, -0.25) is 4.57 Å². The molecule has 0 saturated heterocycles. The van der Waals surface area contributed by atoms with E-state index in [0.29, 0.717) is 40.2 Å². The van der Waals surface area contributed by atoms with Crippen LogP contribution < -0.4 is 0 Å². The summed E-state index contributed by atoms with van der Waals surface area (Å²) in [4.78, 5) is 12.0. The van der Waals surface area contributed by atoms with E-state index in [2.05, 4.69) is 10.2 Å². The first-order chi connectivity index (χ1) is 13.2. The number of halogens is 1. The van der Waals surface area contributed by atoms with Crippen LogP contribution in [0.3, 0.4) is 0 Å². The fourth-order valence-corrected chi connectivity index (χ4v) is 3.79. The quantitative estimate of drug-likeness (QED) is 0.440. The molecule has 1 fully saturated rings. The number of esters is 1. The molecule has 0 atom stereocenters. The second kappa shape index (κ2) is 7.56. The van der Waals surface area contributed by atoms with Crippen LogP contribution >= 0.6 is 11.8 Å². The smallest absolute Gasteiger partial charge is 0.341 e. The SMILES string of the molecule is CCOC(=O)c1ccoc1CSc1nnc(-c2ccccc2F)n1C1CC1. The summed E-state index contributed by atoms with van der Waals surface area (Å²) in [5.41, 5.74) is 0.852. The summed E-state index contributed by atoms with van der Waals surface area (Å²) >= 11 is 1.41. The highest BCUT2D eigenvalue weighted by Gasteiger charge is 2.31. The monoisotopic (exact) mass is 387 g/mol. The molecule has 4 rings (SSSR count). The van der Waals surface area contributed by atoms with Gasteiger partial charge in [0.1, 0.15) is 17.1 Å². The van der Waals surface area contributed by atoms with Crippen LogP contribution in [0.15, 0.2) is 46.2 Å². The van der Waals surface area contributed by atoms with Crippen LogP contribution in [0.4, 0.5) is 4.39 Å². The van der Waals surface area contributed by atoms with Gasteiger partial charge in [0.05, 0.1) is 24.2 Å². The molecular weight excluding hydrogens is 369 g/mol. The summed E-state index contributed by atoms with van der Waals surface area (Å²) < 4.78 is 26.7. The Balaban J connectivity index is 1.59. The summed E-state index contributed by atoms with van der Waals surface area (Å²) in [6, 6.07) is 8.44. The predicted molar refractivity (Wildman–Crippen MR) is 97.9 cm³/mol. The van der Waals surface area contributed by atoms with Gasteiger partial charge in [-0.25, -0.2) is 9.18 Å². The Bertz CT molecular complexity index is 965. The van der Waals surface area contributed by atoms with E-state index in [-0.39, 0.29) is 11.9 Å². The predicted octanol–water partition coefficient (Wildman–Crippen LogP) is 4.48. The van der Waals surface area contributed by atoms with Crippen LogP contribution in [-0.4, -0.2) is 27.3 Å². The molecule has 1 aromatic carbocycles. The molecule has 0 bridgehead atoms. The fourth-order valence-electron chi connectivity index (χ4n) is 2.84. The van der Waals surface area contributed by atoms with Crippen LogP contribution in [-0.2, 0) is 10.5 Å². The fraction of sp³-hybridized carbons (Fsp3) is 0.316. The molecule has 1 aliphatic rings. The Labute approximate surface area is 159 Å². The molecule has 0 unspecified atom stereocenters. The molecule has 140 valence electrons. The number of hydrogen-bond acceptors (Lipinski definition) is 6. The van der Waals surface area contributed by atoms with Crippen molar-refractivity contribution in [2.45, 2.75) is 36.7 Å². The number of benzene rings is 1. The van der Waals surface area contributed by atoms with Gasteiger partial charge < -0.3 is 9.15 Å². The molecule has 1 aliphatic carbocycles. The minimum Gasteiger partial charge on any atom is -0.468 e. The second-order valence-electron chi connectivity index (χ2n) is 6.15.